The second-order valence-corrected chi connectivity index (χ2v) is 11.3. The Kier molecular flexibility index (Phi) is 13.6. The van der Waals surface area contributed by atoms with Gasteiger partial charge in [-0.2, -0.15) is 0 Å². The molecule has 0 saturated heterocycles. The molecule has 192 valence electrons. The molecular weight excluding hydrogens is 416 g/mol. The van der Waals surface area contributed by atoms with Crippen LogP contribution in [0.1, 0.15) is 114 Å². The number of fused-ring (bicyclic) bond motifs is 1. The van der Waals surface area contributed by atoms with Crippen molar-refractivity contribution in [2.45, 2.75) is 116 Å². The maximum absolute atomic E-state index is 13.1. The van der Waals surface area contributed by atoms with Crippen LogP contribution < -0.4 is 5.32 Å². The van der Waals surface area contributed by atoms with Crippen LogP contribution in [0.15, 0.2) is 30.3 Å². The first-order valence-corrected chi connectivity index (χ1v) is 14.3. The van der Waals surface area contributed by atoms with E-state index in [2.05, 4.69) is 63.7 Å². The minimum absolute atomic E-state index is 0.0518. The SMILES string of the molecule is CCCCCCCCCCCCCCCCNC(=O)C(CC1=CCc2ccccc21)[N+](C)(C)C. The van der Waals surface area contributed by atoms with E-state index in [1.165, 1.54) is 100 Å². The number of quaternary nitrogens is 1. The number of hydrogen-bond donors (Lipinski definition) is 1. The van der Waals surface area contributed by atoms with Crippen molar-refractivity contribution in [3.63, 3.8) is 0 Å². The monoisotopic (exact) mass is 469 g/mol. The number of rotatable bonds is 19. The molecular formula is C31H53N2O+. The third-order valence-electron chi connectivity index (χ3n) is 7.41. The number of nitrogens with zero attached hydrogens (tertiary/aromatic N) is 1. The van der Waals surface area contributed by atoms with Gasteiger partial charge < -0.3 is 9.80 Å². The maximum Gasteiger partial charge on any atom is 0.278 e. The summed E-state index contributed by atoms with van der Waals surface area (Å²) in [6.07, 6.45) is 23.2. The van der Waals surface area contributed by atoms with E-state index in [1.54, 1.807) is 0 Å². The largest absolute Gasteiger partial charge is 0.351 e. The zero-order valence-electron chi connectivity index (χ0n) is 22.8. The molecule has 1 amide bonds. The van der Waals surface area contributed by atoms with E-state index >= 15 is 0 Å². The van der Waals surface area contributed by atoms with Gasteiger partial charge in [-0.05, 0) is 29.5 Å². The molecule has 1 N–H and O–H groups in total. The van der Waals surface area contributed by atoms with E-state index in [-0.39, 0.29) is 11.9 Å². The minimum Gasteiger partial charge on any atom is -0.351 e. The van der Waals surface area contributed by atoms with E-state index < -0.39 is 0 Å². The second-order valence-electron chi connectivity index (χ2n) is 11.3. The predicted molar refractivity (Wildman–Crippen MR) is 148 cm³/mol. The summed E-state index contributed by atoms with van der Waals surface area (Å²) >= 11 is 0. The van der Waals surface area contributed by atoms with Crippen molar-refractivity contribution in [3.05, 3.63) is 41.5 Å². The molecule has 1 atom stereocenters. The lowest BCUT2D eigenvalue weighted by molar-refractivity contribution is -0.886. The molecule has 34 heavy (non-hydrogen) atoms. The molecule has 0 aliphatic heterocycles. The number of carbonyl (C=O) groups excluding carboxylic acids is 1. The second kappa shape index (κ2) is 16.1. The topological polar surface area (TPSA) is 29.1 Å². The average Bonchev–Trinajstić information content (AvgIpc) is 3.22. The molecule has 0 fully saturated rings. The van der Waals surface area contributed by atoms with Crippen molar-refractivity contribution < 1.29 is 9.28 Å². The fourth-order valence-corrected chi connectivity index (χ4v) is 5.12. The first-order valence-electron chi connectivity index (χ1n) is 14.3. The maximum atomic E-state index is 13.1. The van der Waals surface area contributed by atoms with Crippen LogP contribution in [0.2, 0.25) is 0 Å². The predicted octanol–water partition coefficient (Wildman–Crippen LogP) is 7.69. The van der Waals surface area contributed by atoms with E-state index in [0.717, 1.165) is 25.8 Å². The molecule has 1 aliphatic carbocycles. The molecule has 0 aromatic heterocycles. The molecule has 3 heteroatoms. The highest BCUT2D eigenvalue weighted by Gasteiger charge is 2.33. The number of hydrogen-bond acceptors (Lipinski definition) is 1. The number of allylic oxidation sites excluding steroid dienone is 1. The summed E-state index contributed by atoms with van der Waals surface area (Å²) < 4.78 is 0.657. The smallest absolute Gasteiger partial charge is 0.278 e. The van der Waals surface area contributed by atoms with Gasteiger partial charge in [0.2, 0.25) is 0 Å². The van der Waals surface area contributed by atoms with Crippen molar-refractivity contribution in [2.75, 3.05) is 27.7 Å². The van der Waals surface area contributed by atoms with E-state index in [4.69, 9.17) is 0 Å². The number of unbranched alkanes of at least 4 members (excludes halogenated alkanes) is 13. The molecule has 1 aromatic carbocycles. The Morgan fingerprint density at radius 2 is 1.35 bits per heavy atom. The Morgan fingerprint density at radius 1 is 0.824 bits per heavy atom. The molecule has 3 nitrogen and oxygen atoms in total. The normalized spacial score (nSPS) is 14.1. The molecule has 1 unspecified atom stereocenters. The quantitative estimate of drug-likeness (QED) is 0.163. The van der Waals surface area contributed by atoms with Crippen LogP contribution in [0, 0.1) is 0 Å². The zero-order chi connectivity index (χ0) is 24.7. The van der Waals surface area contributed by atoms with Crippen molar-refractivity contribution in [1.82, 2.24) is 5.32 Å². The molecule has 0 saturated carbocycles. The Labute approximate surface area is 211 Å². The number of nitrogens with one attached hydrogen (secondary N) is 1. The fraction of sp³-hybridized carbons (Fsp3) is 0.710. The lowest BCUT2D eigenvalue weighted by Gasteiger charge is -2.33. The Morgan fingerprint density at radius 3 is 1.91 bits per heavy atom. The third-order valence-corrected chi connectivity index (χ3v) is 7.41. The van der Waals surface area contributed by atoms with Gasteiger partial charge in [0.1, 0.15) is 0 Å². The van der Waals surface area contributed by atoms with Crippen LogP contribution in [0.3, 0.4) is 0 Å². The van der Waals surface area contributed by atoms with Crippen LogP contribution in [0.25, 0.3) is 5.57 Å². The summed E-state index contributed by atoms with van der Waals surface area (Å²) in [5.41, 5.74) is 4.06. The summed E-state index contributed by atoms with van der Waals surface area (Å²) in [6.45, 7) is 3.09. The standard InChI is InChI=1S/C31H52N2O/c1-5-6-7-8-9-10-11-12-13-14-15-16-17-20-25-32-31(34)30(33(2,3)4)26-28-24-23-27-21-18-19-22-29(27)28/h18-19,21-22,24,30H,5-17,20,23,25-26H2,1-4H3/p+1. The first kappa shape index (κ1) is 28.6. The summed E-state index contributed by atoms with van der Waals surface area (Å²) in [5, 5.41) is 3.25. The van der Waals surface area contributed by atoms with Gasteiger partial charge in [-0.15, -0.1) is 0 Å². The summed E-state index contributed by atoms with van der Waals surface area (Å²) in [7, 11) is 6.41. The van der Waals surface area contributed by atoms with Crippen LogP contribution >= 0.6 is 0 Å². The molecule has 0 heterocycles. The van der Waals surface area contributed by atoms with Crippen LogP contribution in [0.5, 0.6) is 0 Å². The Balaban J connectivity index is 1.54. The number of likely N-dealkylation sites (N-methyl/N-ethyl adjacent to an activating group) is 1. The van der Waals surface area contributed by atoms with E-state index in [0.29, 0.717) is 4.48 Å². The number of benzene rings is 1. The summed E-state index contributed by atoms with van der Waals surface area (Å²) in [6, 6.07) is 8.57. The van der Waals surface area contributed by atoms with Crippen LogP contribution in [-0.4, -0.2) is 44.1 Å². The van der Waals surface area contributed by atoms with E-state index in [9.17, 15) is 4.79 Å². The van der Waals surface area contributed by atoms with Gasteiger partial charge in [-0.3, -0.25) is 4.79 Å². The zero-order valence-corrected chi connectivity index (χ0v) is 22.8. The Bertz CT molecular complexity index is 731. The molecule has 2 rings (SSSR count). The van der Waals surface area contributed by atoms with Crippen molar-refractivity contribution in [1.29, 1.82) is 0 Å². The lowest BCUT2D eigenvalue weighted by atomic mass is 9.97. The third kappa shape index (κ3) is 10.8. The molecule has 1 aromatic rings. The number of amides is 1. The highest BCUT2D eigenvalue weighted by molar-refractivity contribution is 5.84. The van der Waals surface area contributed by atoms with Gasteiger partial charge in [0, 0.05) is 13.0 Å². The van der Waals surface area contributed by atoms with Gasteiger partial charge >= 0.3 is 0 Å². The van der Waals surface area contributed by atoms with Crippen LogP contribution in [0.4, 0.5) is 0 Å². The summed E-state index contributed by atoms with van der Waals surface area (Å²) in [5.74, 6) is 0.201. The first-order chi connectivity index (χ1) is 16.4. The highest BCUT2D eigenvalue weighted by atomic mass is 16.2. The minimum atomic E-state index is -0.0518. The Hall–Kier alpha value is -1.61. The van der Waals surface area contributed by atoms with Crippen LogP contribution in [-0.2, 0) is 11.2 Å². The fourth-order valence-electron chi connectivity index (χ4n) is 5.12. The van der Waals surface area contributed by atoms with Crippen molar-refractivity contribution >= 4 is 11.5 Å². The van der Waals surface area contributed by atoms with Gasteiger partial charge in [0.25, 0.3) is 5.91 Å². The summed E-state index contributed by atoms with van der Waals surface area (Å²) in [4.78, 5) is 13.1. The van der Waals surface area contributed by atoms with E-state index in [1.807, 2.05) is 0 Å². The van der Waals surface area contributed by atoms with Crippen molar-refractivity contribution in [3.8, 4) is 0 Å². The number of carbonyl (C=O) groups is 1. The van der Waals surface area contributed by atoms with Gasteiger partial charge in [-0.1, -0.05) is 121 Å². The molecule has 1 aliphatic rings. The van der Waals surface area contributed by atoms with Gasteiger partial charge in [0.15, 0.2) is 6.04 Å². The highest BCUT2D eigenvalue weighted by Crippen LogP contribution is 2.32. The van der Waals surface area contributed by atoms with Gasteiger partial charge in [0.05, 0.1) is 21.1 Å². The van der Waals surface area contributed by atoms with Gasteiger partial charge in [-0.25, -0.2) is 0 Å². The molecule has 0 bridgehead atoms. The average molecular weight is 470 g/mol. The molecule has 0 spiro atoms. The van der Waals surface area contributed by atoms with Crippen molar-refractivity contribution in [2.24, 2.45) is 0 Å². The lowest BCUT2D eigenvalue weighted by Crippen LogP contribution is -2.54. The molecule has 0 radical (unpaired) electrons.